The lowest BCUT2D eigenvalue weighted by atomic mass is 10.0. The maximum Gasteiger partial charge on any atom is 0.315 e. The predicted molar refractivity (Wildman–Crippen MR) is 76.9 cm³/mol. The molecule has 0 aliphatic carbocycles. The molecule has 1 aromatic rings. The molecule has 100 valence electrons. The van der Waals surface area contributed by atoms with Crippen LogP contribution in [0.15, 0.2) is 24.3 Å². The molecule has 3 nitrogen and oxygen atoms in total. The highest BCUT2D eigenvalue weighted by Crippen LogP contribution is 2.36. The smallest absolute Gasteiger partial charge is 0.315 e. The zero-order valence-electron chi connectivity index (χ0n) is 10.6. The van der Waals surface area contributed by atoms with Crippen molar-refractivity contribution in [2.24, 2.45) is 5.73 Å². The van der Waals surface area contributed by atoms with Gasteiger partial charge in [-0.15, -0.1) is 11.8 Å². The minimum Gasteiger partial charge on any atom is -0.468 e. The van der Waals surface area contributed by atoms with E-state index < -0.39 is 0 Å². The van der Waals surface area contributed by atoms with Crippen LogP contribution < -0.4 is 5.73 Å². The molecule has 0 radical (unpaired) electrons. The van der Waals surface area contributed by atoms with Crippen LogP contribution in [0.5, 0.6) is 0 Å². The van der Waals surface area contributed by atoms with Crippen molar-refractivity contribution in [1.29, 1.82) is 0 Å². The molecule has 0 fully saturated rings. The maximum absolute atomic E-state index is 11.2. The second-order valence-corrected chi connectivity index (χ2v) is 5.44. The van der Waals surface area contributed by atoms with E-state index in [1.54, 1.807) is 0 Å². The van der Waals surface area contributed by atoms with Crippen LogP contribution in [0.25, 0.3) is 0 Å². The third kappa shape index (κ3) is 4.19. The van der Waals surface area contributed by atoms with Gasteiger partial charge in [-0.25, -0.2) is 0 Å². The summed E-state index contributed by atoms with van der Waals surface area (Å²) in [6.45, 7) is 2.02. The average molecular weight is 288 g/mol. The van der Waals surface area contributed by atoms with Crippen molar-refractivity contribution in [3.05, 3.63) is 34.9 Å². The first-order valence-corrected chi connectivity index (χ1v) is 7.21. The SMILES string of the molecule is CCC(N)C(SCC(=O)OC)c1ccccc1Cl. The van der Waals surface area contributed by atoms with Crippen LogP contribution in [-0.2, 0) is 9.53 Å². The van der Waals surface area contributed by atoms with Crippen molar-refractivity contribution < 1.29 is 9.53 Å². The summed E-state index contributed by atoms with van der Waals surface area (Å²) in [5.74, 6) is 0.0282. The van der Waals surface area contributed by atoms with Crippen molar-refractivity contribution in [3.8, 4) is 0 Å². The van der Waals surface area contributed by atoms with Crippen LogP contribution in [0, 0.1) is 0 Å². The summed E-state index contributed by atoms with van der Waals surface area (Å²) in [7, 11) is 1.38. The molecule has 0 bridgehead atoms. The minimum absolute atomic E-state index is 0.00259. The van der Waals surface area contributed by atoms with Gasteiger partial charge in [0.15, 0.2) is 0 Å². The zero-order chi connectivity index (χ0) is 13.5. The Morgan fingerprint density at radius 3 is 2.72 bits per heavy atom. The van der Waals surface area contributed by atoms with E-state index >= 15 is 0 Å². The van der Waals surface area contributed by atoms with Gasteiger partial charge in [0.25, 0.3) is 0 Å². The summed E-state index contributed by atoms with van der Waals surface area (Å²) < 4.78 is 4.65. The molecule has 0 aliphatic rings. The van der Waals surface area contributed by atoms with Crippen molar-refractivity contribution >= 4 is 29.3 Å². The first-order valence-electron chi connectivity index (χ1n) is 5.78. The van der Waals surface area contributed by atoms with Gasteiger partial charge in [-0.3, -0.25) is 4.79 Å². The molecule has 1 aromatic carbocycles. The Morgan fingerprint density at radius 2 is 2.17 bits per heavy atom. The fourth-order valence-corrected chi connectivity index (χ4v) is 3.16. The van der Waals surface area contributed by atoms with Gasteiger partial charge >= 0.3 is 5.97 Å². The molecule has 0 aromatic heterocycles. The Balaban J connectivity index is 2.85. The van der Waals surface area contributed by atoms with Crippen LogP contribution in [0.3, 0.4) is 0 Å². The van der Waals surface area contributed by atoms with E-state index in [2.05, 4.69) is 4.74 Å². The zero-order valence-corrected chi connectivity index (χ0v) is 12.1. The molecule has 2 unspecified atom stereocenters. The number of esters is 1. The van der Waals surface area contributed by atoms with Gasteiger partial charge < -0.3 is 10.5 Å². The summed E-state index contributed by atoms with van der Waals surface area (Å²) in [4.78, 5) is 11.2. The molecule has 0 spiro atoms. The highest BCUT2D eigenvalue weighted by Gasteiger charge is 2.22. The van der Waals surface area contributed by atoms with Crippen molar-refractivity contribution in [3.63, 3.8) is 0 Å². The second kappa shape index (κ2) is 7.67. The van der Waals surface area contributed by atoms with Gasteiger partial charge in [-0.05, 0) is 18.1 Å². The molecular weight excluding hydrogens is 270 g/mol. The van der Waals surface area contributed by atoms with Gasteiger partial charge in [0.2, 0.25) is 0 Å². The van der Waals surface area contributed by atoms with E-state index in [9.17, 15) is 4.79 Å². The van der Waals surface area contributed by atoms with Crippen LogP contribution in [0.4, 0.5) is 0 Å². The lowest BCUT2D eigenvalue weighted by Gasteiger charge is -2.23. The minimum atomic E-state index is -0.250. The second-order valence-electron chi connectivity index (χ2n) is 3.90. The number of halogens is 1. The molecule has 2 atom stereocenters. The monoisotopic (exact) mass is 287 g/mol. The Morgan fingerprint density at radius 1 is 1.50 bits per heavy atom. The van der Waals surface area contributed by atoms with Gasteiger partial charge in [-0.1, -0.05) is 36.7 Å². The van der Waals surface area contributed by atoms with Gasteiger partial charge in [0, 0.05) is 16.3 Å². The summed E-state index contributed by atoms with van der Waals surface area (Å²) >= 11 is 7.65. The molecular formula is C13H18ClNO2S. The number of benzene rings is 1. The maximum atomic E-state index is 11.2. The summed E-state index contributed by atoms with van der Waals surface area (Å²) in [5.41, 5.74) is 7.09. The number of carbonyl (C=O) groups excluding carboxylic acids is 1. The van der Waals surface area contributed by atoms with Crippen molar-refractivity contribution in [2.75, 3.05) is 12.9 Å². The third-order valence-corrected chi connectivity index (χ3v) is 4.39. The highest BCUT2D eigenvalue weighted by atomic mass is 35.5. The number of ether oxygens (including phenoxy) is 1. The first kappa shape index (κ1) is 15.3. The van der Waals surface area contributed by atoms with E-state index in [1.165, 1.54) is 18.9 Å². The summed E-state index contributed by atoms with van der Waals surface area (Å²) in [6.07, 6.45) is 0.823. The molecule has 0 heterocycles. The topological polar surface area (TPSA) is 52.3 Å². The number of hydrogen-bond donors (Lipinski definition) is 1. The first-order chi connectivity index (χ1) is 8.60. The summed E-state index contributed by atoms with van der Waals surface area (Å²) in [6, 6.07) is 7.55. The van der Waals surface area contributed by atoms with Crippen LogP contribution in [-0.4, -0.2) is 24.9 Å². The fourth-order valence-electron chi connectivity index (χ4n) is 1.58. The lowest BCUT2D eigenvalue weighted by molar-refractivity contribution is -0.137. The molecule has 0 saturated carbocycles. The number of carbonyl (C=O) groups is 1. The molecule has 1 rings (SSSR count). The number of rotatable bonds is 6. The summed E-state index contributed by atoms with van der Waals surface area (Å²) in [5, 5.41) is 0.687. The normalized spacial score (nSPS) is 14.0. The standard InChI is InChI=1S/C13H18ClNO2S/c1-3-11(15)13(18-8-12(16)17-2)9-6-4-5-7-10(9)14/h4-7,11,13H,3,8,15H2,1-2H3. The van der Waals surface area contributed by atoms with E-state index in [0.717, 1.165) is 12.0 Å². The molecule has 5 heteroatoms. The highest BCUT2D eigenvalue weighted by molar-refractivity contribution is 8.00. The van der Waals surface area contributed by atoms with E-state index in [4.69, 9.17) is 17.3 Å². The molecule has 18 heavy (non-hydrogen) atoms. The molecule has 0 amide bonds. The van der Waals surface area contributed by atoms with Crippen molar-refractivity contribution in [1.82, 2.24) is 0 Å². The Hall–Kier alpha value is -0.710. The largest absolute Gasteiger partial charge is 0.468 e. The van der Waals surface area contributed by atoms with Crippen LogP contribution >= 0.6 is 23.4 Å². The molecule has 2 N–H and O–H groups in total. The van der Waals surface area contributed by atoms with E-state index in [-0.39, 0.29) is 23.0 Å². The lowest BCUT2D eigenvalue weighted by Crippen LogP contribution is -2.26. The molecule has 0 aliphatic heterocycles. The molecule has 0 saturated heterocycles. The van der Waals surface area contributed by atoms with Crippen LogP contribution in [0.1, 0.15) is 24.2 Å². The predicted octanol–water partition coefficient (Wildman–Crippen LogP) is 3.02. The Bertz CT molecular complexity index is 400. The van der Waals surface area contributed by atoms with Gasteiger partial charge in [0.1, 0.15) is 0 Å². The van der Waals surface area contributed by atoms with Gasteiger partial charge in [-0.2, -0.15) is 0 Å². The quantitative estimate of drug-likeness (QED) is 0.817. The fraction of sp³-hybridized carbons (Fsp3) is 0.462. The van der Waals surface area contributed by atoms with Gasteiger partial charge in [0.05, 0.1) is 12.9 Å². The Kier molecular flexibility index (Phi) is 6.54. The van der Waals surface area contributed by atoms with E-state index in [0.29, 0.717) is 5.02 Å². The Labute approximate surface area is 117 Å². The average Bonchev–Trinajstić information content (AvgIpc) is 2.40. The third-order valence-electron chi connectivity index (χ3n) is 2.68. The van der Waals surface area contributed by atoms with Crippen molar-refractivity contribution in [2.45, 2.75) is 24.6 Å². The van der Waals surface area contributed by atoms with E-state index in [1.807, 2.05) is 31.2 Å². The number of hydrogen-bond acceptors (Lipinski definition) is 4. The number of nitrogens with two attached hydrogens (primary N) is 1. The van der Waals surface area contributed by atoms with Crippen LogP contribution in [0.2, 0.25) is 5.02 Å². The number of methoxy groups -OCH3 is 1. The number of thioether (sulfide) groups is 1.